The minimum absolute atomic E-state index is 0.735. The fourth-order valence-corrected chi connectivity index (χ4v) is 1.94. The van der Waals surface area contributed by atoms with E-state index < -0.39 is 0 Å². The lowest BCUT2D eigenvalue weighted by molar-refractivity contribution is 0.551. The second kappa shape index (κ2) is 8.58. The molecule has 0 aliphatic rings. The fraction of sp³-hybridized carbons (Fsp3) is 0.714. The average Bonchev–Trinajstić information content (AvgIpc) is 2.27. The van der Waals surface area contributed by atoms with Crippen molar-refractivity contribution >= 4 is 0 Å². The van der Waals surface area contributed by atoms with Crippen LogP contribution in [-0.2, 0) is 0 Å². The van der Waals surface area contributed by atoms with Gasteiger partial charge in [0, 0.05) is 12.7 Å². The maximum Gasteiger partial charge on any atom is 0.00703 e. The van der Waals surface area contributed by atoms with Gasteiger partial charge in [-0.15, -0.1) is 0 Å². The molecule has 88 valence electrons. The third-order valence-corrected chi connectivity index (χ3v) is 3.08. The topological polar surface area (TPSA) is 12.0 Å². The molecule has 1 heteroatoms. The minimum atomic E-state index is 0.735. The molecule has 0 atom stereocenters. The molecule has 0 spiro atoms. The van der Waals surface area contributed by atoms with Gasteiger partial charge in [0.25, 0.3) is 0 Å². The van der Waals surface area contributed by atoms with E-state index in [0.717, 1.165) is 18.8 Å². The van der Waals surface area contributed by atoms with Crippen molar-refractivity contribution in [3.05, 3.63) is 23.4 Å². The van der Waals surface area contributed by atoms with Crippen LogP contribution < -0.4 is 5.32 Å². The van der Waals surface area contributed by atoms with Gasteiger partial charge < -0.3 is 5.32 Å². The molecule has 0 unspecified atom stereocenters. The molecule has 0 fully saturated rings. The molecule has 0 saturated heterocycles. The van der Waals surface area contributed by atoms with Gasteiger partial charge in [-0.3, -0.25) is 0 Å². The van der Waals surface area contributed by atoms with Crippen molar-refractivity contribution in [2.75, 3.05) is 7.05 Å². The molecule has 0 amide bonds. The summed E-state index contributed by atoms with van der Waals surface area (Å²) in [5.41, 5.74) is 2.93. The zero-order valence-electron chi connectivity index (χ0n) is 11.1. The van der Waals surface area contributed by atoms with Crippen LogP contribution in [0.5, 0.6) is 0 Å². The highest BCUT2D eigenvalue weighted by atomic mass is 14.8. The van der Waals surface area contributed by atoms with Gasteiger partial charge >= 0.3 is 0 Å². The maximum absolute atomic E-state index is 3.29. The molecule has 15 heavy (non-hydrogen) atoms. The van der Waals surface area contributed by atoms with Crippen LogP contribution in [0.4, 0.5) is 0 Å². The van der Waals surface area contributed by atoms with Crippen molar-refractivity contribution in [2.45, 2.75) is 53.4 Å². The van der Waals surface area contributed by atoms with Crippen LogP contribution in [0.2, 0.25) is 0 Å². The van der Waals surface area contributed by atoms with Gasteiger partial charge in [-0.1, -0.05) is 32.9 Å². The number of hydrogen-bond donors (Lipinski definition) is 1. The van der Waals surface area contributed by atoms with Crippen molar-refractivity contribution in [3.63, 3.8) is 0 Å². The monoisotopic (exact) mass is 209 g/mol. The molecule has 0 aromatic rings. The van der Waals surface area contributed by atoms with Crippen molar-refractivity contribution in [1.29, 1.82) is 0 Å². The number of rotatable bonds is 7. The standard InChI is InChI=1S/C14H27N/c1-6-9-10-11-14(12(4)15-5)13(7-2)8-3/h9-10,13,15H,6-8,11H2,1-5H3/b10-9-,14-12+. The molecule has 0 bridgehead atoms. The Morgan fingerprint density at radius 1 is 1.13 bits per heavy atom. The van der Waals surface area contributed by atoms with Gasteiger partial charge in [0.2, 0.25) is 0 Å². The van der Waals surface area contributed by atoms with Gasteiger partial charge in [0.1, 0.15) is 0 Å². The Balaban J connectivity index is 4.65. The van der Waals surface area contributed by atoms with Crippen molar-refractivity contribution in [2.24, 2.45) is 5.92 Å². The van der Waals surface area contributed by atoms with Gasteiger partial charge in [-0.25, -0.2) is 0 Å². The van der Waals surface area contributed by atoms with Crippen LogP contribution >= 0.6 is 0 Å². The highest BCUT2D eigenvalue weighted by Gasteiger charge is 2.11. The summed E-state index contributed by atoms with van der Waals surface area (Å²) < 4.78 is 0. The normalized spacial score (nSPS) is 13.5. The van der Waals surface area contributed by atoms with E-state index in [-0.39, 0.29) is 0 Å². The Morgan fingerprint density at radius 3 is 2.13 bits per heavy atom. The summed E-state index contributed by atoms with van der Waals surface area (Å²) in [5, 5.41) is 3.29. The first-order chi connectivity index (χ1) is 7.21. The van der Waals surface area contributed by atoms with Gasteiger partial charge in [0.05, 0.1) is 0 Å². The largest absolute Gasteiger partial charge is 0.392 e. The lowest BCUT2D eigenvalue weighted by Gasteiger charge is -2.19. The van der Waals surface area contributed by atoms with E-state index in [0.29, 0.717) is 0 Å². The number of hydrogen-bond acceptors (Lipinski definition) is 1. The Hall–Kier alpha value is -0.720. The summed E-state index contributed by atoms with van der Waals surface area (Å²) in [7, 11) is 2.02. The maximum atomic E-state index is 3.29. The van der Waals surface area contributed by atoms with Crippen molar-refractivity contribution in [3.8, 4) is 0 Å². The first-order valence-corrected chi connectivity index (χ1v) is 6.23. The first-order valence-electron chi connectivity index (χ1n) is 6.23. The molecule has 0 aromatic heterocycles. The third kappa shape index (κ3) is 5.06. The van der Waals surface area contributed by atoms with E-state index >= 15 is 0 Å². The summed E-state index contributed by atoms with van der Waals surface area (Å²) in [6.45, 7) is 8.93. The van der Waals surface area contributed by atoms with Gasteiger partial charge in [0.15, 0.2) is 0 Å². The van der Waals surface area contributed by atoms with Crippen LogP contribution in [-0.4, -0.2) is 7.05 Å². The lowest BCUT2D eigenvalue weighted by atomic mass is 9.90. The van der Waals surface area contributed by atoms with E-state index in [1.165, 1.54) is 18.5 Å². The number of nitrogens with one attached hydrogen (secondary N) is 1. The van der Waals surface area contributed by atoms with E-state index in [2.05, 4.69) is 45.2 Å². The molecule has 0 heterocycles. The highest BCUT2D eigenvalue weighted by molar-refractivity contribution is 5.17. The molecule has 1 nitrogen and oxygen atoms in total. The lowest BCUT2D eigenvalue weighted by Crippen LogP contribution is -2.11. The zero-order chi connectivity index (χ0) is 11.7. The van der Waals surface area contributed by atoms with Crippen LogP contribution in [0.1, 0.15) is 53.4 Å². The molecule has 0 radical (unpaired) electrons. The molecular weight excluding hydrogens is 182 g/mol. The smallest absolute Gasteiger partial charge is 0.00703 e. The van der Waals surface area contributed by atoms with Crippen molar-refractivity contribution < 1.29 is 0 Å². The van der Waals surface area contributed by atoms with Gasteiger partial charge in [-0.2, -0.15) is 0 Å². The minimum Gasteiger partial charge on any atom is -0.392 e. The summed E-state index contributed by atoms with van der Waals surface area (Å²) in [5.74, 6) is 0.735. The molecule has 0 saturated carbocycles. The number of allylic oxidation sites excluding steroid dienone is 4. The molecular formula is C14H27N. The SMILES string of the molecule is CC/C=C\C/C(=C(/C)NC)C(CC)CC. The molecule has 0 aliphatic carbocycles. The molecule has 0 rings (SSSR count). The summed E-state index contributed by atoms with van der Waals surface area (Å²) in [6, 6.07) is 0. The molecule has 0 aromatic carbocycles. The van der Waals surface area contributed by atoms with Crippen LogP contribution in [0.25, 0.3) is 0 Å². The Kier molecular flexibility index (Phi) is 8.17. The van der Waals surface area contributed by atoms with Gasteiger partial charge in [-0.05, 0) is 44.1 Å². The third-order valence-electron chi connectivity index (χ3n) is 3.08. The zero-order valence-corrected chi connectivity index (χ0v) is 11.1. The van der Waals surface area contributed by atoms with Crippen LogP contribution in [0, 0.1) is 5.92 Å². The summed E-state index contributed by atoms with van der Waals surface area (Å²) in [6.07, 6.45) is 9.27. The Labute approximate surface area is 95.7 Å². The second-order valence-corrected chi connectivity index (χ2v) is 4.00. The van der Waals surface area contributed by atoms with Crippen LogP contribution in [0.15, 0.2) is 23.4 Å². The van der Waals surface area contributed by atoms with E-state index in [4.69, 9.17) is 0 Å². The average molecular weight is 209 g/mol. The van der Waals surface area contributed by atoms with E-state index in [9.17, 15) is 0 Å². The fourth-order valence-electron chi connectivity index (χ4n) is 1.94. The Bertz CT molecular complexity index is 209. The van der Waals surface area contributed by atoms with E-state index in [1.54, 1.807) is 5.57 Å². The van der Waals surface area contributed by atoms with Crippen molar-refractivity contribution in [1.82, 2.24) is 5.32 Å². The second-order valence-electron chi connectivity index (χ2n) is 4.00. The Morgan fingerprint density at radius 2 is 1.73 bits per heavy atom. The first kappa shape index (κ1) is 14.3. The quantitative estimate of drug-likeness (QED) is 0.617. The summed E-state index contributed by atoms with van der Waals surface area (Å²) in [4.78, 5) is 0. The predicted octanol–water partition coefficient (Wildman–Crippen LogP) is 4.27. The summed E-state index contributed by atoms with van der Waals surface area (Å²) >= 11 is 0. The molecule has 1 N–H and O–H groups in total. The van der Waals surface area contributed by atoms with E-state index in [1.807, 2.05) is 7.05 Å². The molecule has 0 aliphatic heterocycles. The van der Waals surface area contributed by atoms with Crippen LogP contribution in [0.3, 0.4) is 0 Å². The predicted molar refractivity (Wildman–Crippen MR) is 69.9 cm³/mol. The highest BCUT2D eigenvalue weighted by Crippen LogP contribution is 2.24.